The first-order valence-electron chi connectivity index (χ1n) is 7.16. The molecule has 0 aromatic carbocycles. The fraction of sp³-hybridized carbons (Fsp3) is 0.867. The highest BCUT2D eigenvalue weighted by Crippen LogP contribution is 2.35. The molecule has 0 aliphatic carbocycles. The van der Waals surface area contributed by atoms with Crippen LogP contribution in [0.15, 0.2) is 0 Å². The maximum Gasteiger partial charge on any atom is 0.412 e. The van der Waals surface area contributed by atoms with Crippen LogP contribution in [0, 0.1) is 5.41 Å². The Morgan fingerprint density at radius 3 is 2.24 bits per heavy atom. The van der Waals surface area contributed by atoms with Crippen LogP contribution in [-0.4, -0.2) is 46.0 Å². The molecule has 21 heavy (non-hydrogen) atoms. The first-order valence-corrected chi connectivity index (χ1v) is 7.16. The Hall–Kier alpha value is -1.30. The van der Waals surface area contributed by atoms with Crippen LogP contribution in [0.25, 0.3) is 0 Å². The van der Waals surface area contributed by atoms with Gasteiger partial charge >= 0.3 is 12.1 Å². The third-order valence-electron chi connectivity index (χ3n) is 3.49. The summed E-state index contributed by atoms with van der Waals surface area (Å²) in [5.41, 5.74) is -2.35. The highest BCUT2D eigenvalue weighted by molar-refractivity contribution is 5.74. The summed E-state index contributed by atoms with van der Waals surface area (Å²) in [6, 6.07) is -0.319. The quantitative estimate of drug-likeness (QED) is 0.867. The van der Waals surface area contributed by atoms with Gasteiger partial charge < -0.3 is 14.6 Å². The maximum absolute atomic E-state index is 12.4. The average Bonchev–Trinajstić information content (AvgIpc) is 2.50. The van der Waals surface area contributed by atoms with E-state index in [2.05, 4.69) is 0 Å². The zero-order chi connectivity index (χ0) is 16.6. The van der Waals surface area contributed by atoms with Crippen LogP contribution in [0.4, 0.5) is 4.79 Å². The second-order valence-corrected chi connectivity index (χ2v) is 7.66. The van der Waals surface area contributed by atoms with Crippen LogP contribution in [0.3, 0.4) is 0 Å². The largest absolute Gasteiger partial charge is 0.481 e. The molecule has 0 aromatic rings. The monoisotopic (exact) mass is 301 g/mol. The lowest BCUT2D eigenvalue weighted by Crippen LogP contribution is -2.51. The highest BCUT2D eigenvalue weighted by Gasteiger charge is 2.48. The van der Waals surface area contributed by atoms with Gasteiger partial charge in [-0.3, -0.25) is 9.69 Å². The minimum atomic E-state index is -0.936. The molecule has 1 N–H and O–H groups in total. The topological polar surface area (TPSA) is 76.1 Å². The predicted molar refractivity (Wildman–Crippen MR) is 77.9 cm³/mol. The Kier molecular flexibility index (Phi) is 4.63. The van der Waals surface area contributed by atoms with Gasteiger partial charge in [0.05, 0.1) is 18.1 Å². The number of amides is 1. The standard InChI is InChI=1S/C15H27NO5/c1-13(2,3)21-12(19)16-10(9-20-15(16,6)7)8-14(4,5)11(17)18/h10H,8-9H2,1-7H3,(H,17,18). The normalized spacial score (nSPS) is 22.2. The van der Waals surface area contributed by atoms with Crippen molar-refractivity contribution in [2.24, 2.45) is 5.41 Å². The molecule has 1 amide bonds. The lowest BCUT2D eigenvalue weighted by Gasteiger charge is -2.36. The van der Waals surface area contributed by atoms with Crippen molar-refractivity contribution in [2.45, 2.75) is 72.3 Å². The van der Waals surface area contributed by atoms with Gasteiger partial charge in [0.15, 0.2) is 0 Å². The number of hydrogen-bond acceptors (Lipinski definition) is 4. The van der Waals surface area contributed by atoms with Gasteiger partial charge in [-0.1, -0.05) is 0 Å². The molecular weight excluding hydrogens is 274 g/mol. The smallest absolute Gasteiger partial charge is 0.412 e. The summed E-state index contributed by atoms with van der Waals surface area (Å²) < 4.78 is 11.1. The number of carbonyl (C=O) groups is 2. The second-order valence-electron chi connectivity index (χ2n) is 7.66. The van der Waals surface area contributed by atoms with Gasteiger partial charge in [-0.25, -0.2) is 4.79 Å². The van der Waals surface area contributed by atoms with E-state index in [1.807, 2.05) is 0 Å². The van der Waals surface area contributed by atoms with Gasteiger partial charge in [-0.2, -0.15) is 0 Å². The molecule has 1 aliphatic rings. The van der Waals surface area contributed by atoms with Crippen molar-refractivity contribution in [3.05, 3.63) is 0 Å². The lowest BCUT2D eigenvalue weighted by atomic mass is 9.85. The Bertz CT molecular complexity index is 422. The molecule has 0 saturated carbocycles. The number of rotatable bonds is 3. The van der Waals surface area contributed by atoms with E-state index in [1.54, 1.807) is 48.5 Å². The Labute approximate surface area is 126 Å². The molecule has 1 heterocycles. The fourth-order valence-corrected chi connectivity index (χ4v) is 2.39. The molecule has 1 atom stereocenters. The van der Waals surface area contributed by atoms with Gasteiger partial charge in [-0.05, 0) is 54.9 Å². The minimum Gasteiger partial charge on any atom is -0.481 e. The van der Waals surface area contributed by atoms with Crippen LogP contribution in [0.2, 0.25) is 0 Å². The Morgan fingerprint density at radius 2 is 1.81 bits per heavy atom. The number of carbonyl (C=O) groups excluding carboxylic acids is 1. The molecular formula is C15H27NO5. The number of hydrogen-bond donors (Lipinski definition) is 1. The SMILES string of the molecule is CC(C)(C)OC(=O)N1C(CC(C)(C)C(=O)O)COC1(C)C. The van der Waals surface area contributed by atoms with Crippen molar-refractivity contribution >= 4 is 12.1 Å². The van der Waals surface area contributed by atoms with Crippen LogP contribution in [-0.2, 0) is 14.3 Å². The van der Waals surface area contributed by atoms with Gasteiger partial charge in [-0.15, -0.1) is 0 Å². The van der Waals surface area contributed by atoms with Crippen molar-refractivity contribution in [1.82, 2.24) is 4.90 Å². The summed E-state index contributed by atoms with van der Waals surface area (Å²) in [5, 5.41) is 9.27. The number of nitrogens with zero attached hydrogens (tertiary/aromatic N) is 1. The summed E-state index contributed by atoms with van der Waals surface area (Å²) in [7, 11) is 0. The molecule has 0 spiro atoms. The number of carboxylic acids is 1. The van der Waals surface area contributed by atoms with E-state index < -0.39 is 28.8 Å². The lowest BCUT2D eigenvalue weighted by molar-refractivity contribution is -0.148. The molecule has 1 saturated heterocycles. The zero-order valence-electron chi connectivity index (χ0n) is 14.0. The minimum absolute atomic E-state index is 0.308. The van der Waals surface area contributed by atoms with E-state index in [9.17, 15) is 14.7 Å². The van der Waals surface area contributed by atoms with Crippen LogP contribution in [0.1, 0.15) is 54.9 Å². The van der Waals surface area contributed by atoms with Crippen molar-refractivity contribution in [3.8, 4) is 0 Å². The maximum atomic E-state index is 12.4. The number of ether oxygens (including phenoxy) is 2. The van der Waals surface area contributed by atoms with Crippen molar-refractivity contribution in [3.63, 3.8) is 0 Å². The summed E-state index contributed by atoms with van der Waals surface area (Å²) in [6.07, 6.45) is -0.165. The third-order valence-corrected chi connectivity index (χ3v) is 3.49. The van der Waals surface area contributed by atoms with Crippen molar-refractivity contribution in [1.29, 1.82) is 0 Å². The van der Waals surface area contributed by atoms with E-state index >= 15 is 0 Å². The summed E-state index contributed by atoms with van der Waals surface area (Å²) in [6.45, 7) is 12.6. The molecule has 0 bridgehead atoms. The number of aliphatic carboxylic acids is 1. The van der Waals surface area contributed by atoms with Crippen molar-refractivity contribution in [2.75, 3.05) is 6.61 Å². The summed E-state index contributed by atoms with van der Waals surface area (Å²) >= 11 is 0. The van der Waals surface area contributed by atoms with E-state index in [4.69, 9.17) is 9.47 Å². The van der Waals surface area contributed by atoms with E-state index in [1.165, 1.54) is 4.90 Å². The van der Waals surface area contributed by atoms with Crippen LogP contribution >= 0.6 is 0 Å². The average molecular weight is 301 g/mol. The first kappa shape index (κ1) is 17.8. The summed E-state index contributed by atoms with van der Waals surface area (Å²) in [5.74, 6) is -0.892. The predicted octanol–water partition coefficient (Wildman–Crippen LogP) is 2.86. The van der Waals surface area contributed by atoms with Crippen LogP contribution < -0.4 is 0 Å². The second kappa shape index (κ2) is 5.48. The zero-order valence-corrected chi connectivity index (χ0v) is 14.0. The molecule has 1 fully saturated rings. The Balaban J connectivity index is 2.95. The van der Waals surface area contributed by atoms with Gasteiger partial charge in [0, 0.05) is 0 Å². The molecule has 6 heteroatoms. The van der Waals surface area contributed by atoms with E-state index in [0.29, 0.717) is 13.0 Å². The molecule has 0 radical (unpaired) electrons. The Morgan fingerprint density at radius 1 is 1.29 bits per heavy atom. The molecule has 0 aromatic heterocycles. The third kappa shape index (κ3) is 4.33. The molecule has 122 valence electrons. The number of carboxylic acid groups (broad SMARTS) is 1. The van der Waals surface area contributed by atoms with E-state index in [0.717, 1.165) is 0 Å². The van der Waals surface area contributed by atoms with Gasteiger partial charge in [0.25, 0.3) is 0 Å². The van der Waals surface area contributed by atoms with Crippen molar-refractivity contribution < 1.29 is 24.2 Å². The van der Waals surface area contributed by atoms with Crippen LogP contribution in [0.5, 0.6) is 0 Å². The summed E-state index contributed by atoms with van der Waals surface area (Å²) in [4.78, 5) is 25.2. The van der Waals surface area contributed by atoms with Gasteiger partial charge in [0.2, 0.25) is 0 Å². The first-order chi connectivity index (χ1) is 9.26. The van der Waals surface area contributed by atoms with Gasteiger partial charge in [0.1, 0.15) is 11.3 Å². The highest BCUT2D eigenvalue weighted by atomic mass is 16.6. The molecule has 6 nitrogen and oxygen atoms in total. The molecule has 1 unspecified atom stereocenters. The molecule has 1 aliphatic heterocycles. The fourth-order valence-electron chi connectivity index (χ4n) is 2.39. The molecule has 1 rings (SSSR count). The van der Waals surface area contributed by atoms with E-state index in [-0.39, 0.29) is 6.04 Å².